The third kappa shape index (κ3) is 3.31. The molecule has 2 aliphatic rings. The van der Waals surface area contributed by atoms with Crippen molar-refractivity contribution in [3.8, 4) is 0 Å². The third-order valence-corrected chi connectivity index (χ3v) is 10.3. The summed E-state index contributed by atoms with van der Waals surface area (Å²) in [6.07, 6.45) is 7.48. The minimum absolute atomic E-state index is 0.0361. The van der Waals surface area contributed by atoms with Gasteiger partial charge in [-0.2, -0.15) is 0 Å². The highest BCUT2D eigenvalue weighted by Crippen LogP contribution is 2.38. The van der Waals surface area contributed by atoms with Crippen LogP contribution in [0, 0.1) is 0 Å². The Morgan fingerprint density at radius 3 is 2.62 bits per heavy atom. The molecule has 2 aromatic rings. The van der Waals surface area contributed by atoms with Crippen molar-refractivity contribution in [2.45, 2.75) is 75.7 Å². The Hall–Kier alpha value is -1.14. The number of aromatic amines is 1. The molecule has 1 aliphatic carbocycles. The van der Waals surface area contributed by atoms with Crippen LogP contribution in [-0.2, 0) is 0 Å². The van der Waals surface area contributed by atoms with Gasteiger partial charge in [-0.15, -0.1) is 11.3 Å². The summed E-state index contributed by atoms with van der Waals surface area (Å²) in [6, 6.07) is 4.98. The zero-order chi connectivity index (χ0) is 16.7. The lowest BCUT2D eigenvalue weighted by molar-refractivity contribution is 0.0929. The van der Waals surface area contributed by atoms with Gasteiger partial charge < -0.3 is 10.3 Å². The van der Waals surface area contributed by atoms with Crippen LogP contribution in [0.3, 0.4) is 0 Å². The number of amides is 1. The van der Waals surface area contributed by atoms with Crippen molar-refractivity contribution in [3.63, 3.8) is 0 Å². The Kier molecular flexibility index (Phi) is 4.29. The molecule has 0 atom stereocenters. The number of thiazole rings is 1. The Morgan fingerprint density at radius 1 is 1.25 bits per heavy atom. The Balaban J connectivity index is 1.42. The van der Waals surface area contributed by atoms with Gasteiger partial charge in [0.2, 0.25) is 0 Å². The van der Waals surface area contributed by atoms with E-state index in [-0.39, 0.29) is 5.91 Å². The lowest BCUT2D eigenvalue weighted by Crippen LogP contribution is -2.42. The molecule has 4 nitrogen and oxygen atoms in total. The smallest absolute Gasteiger partial charge is 0.268 e. The molecule has 2 N–H and O–H groups in total. The molecular weight excluding hydrogens is 334 g/mol. The summed E-state index contributed by atoms with van der Waals surface area (Å²) in [6.45, 7) is 4.91. The Morgan fingerprint density at radius 2 is 1.96 bits per heavy atom. The summed E-state index contributed by atoms with van der Waals surface area (Å²) in [5.41, 5.74) is 1.56. The van der Waals surface area contributed by atoms with E-state index in [0.717, 1.165) is 23.2 Å². The van der Waals surface area contributed by atoms with E-state index < -0.39 is 8.07 Å². The van der Waals surface area contributed by atoms with Crippen molar-refractivity contribution in [1.82, 2.24) is 15.3 Å². The molecule has 0 radical (unpaired) electrons. The van der Waals surface area contributed by atoms with Crippen molar-refractivity contribution in [2.24, 2.45) is 0 Å². The van der Waals surface area contributed by atoms with Crippen LogP contribution < -0.4 is 5.32 Å². The van der Waals surface area contributed by atoms with E-state index in [1.54, 1.807) is 11.3 Å². The Bertz CT molecular complexity index is 703. The topological polar surface area (TPSA) is 57.8 Å². The molecule has 24 heavy (non-hydrogen) atoms. The van der Waals surface area contributed by atoms with Gasteiger partial charge in [0, 0.05) is 20.0 Å². The lowest BCUT2D eigenvalue weighted by atomic mass is 10.1. The minimum atomic E-state index is -0.965. The molecule has 1 amide bonds. The predicted octanol–water partition coefficient (Wildman–Crippen LogP) is 4.88. The highest BCUT2D eigenvalue weighted by molar-refractivity contribution is 7.18. The molecule has 0 aromatic carbocycles. The van der Waals surface area contributed by atoms with Gasteiger partial charge in [-0.05, 0) is 31.7 Å². The zero-order valence-electron chi connectivity index (χ0n) is 14.7. The standard InChI is InChI=1S/C18H27N3OSSi/c1-24(2)9-7-13(8-10-24)19-17(22)14-11-15-16(20-14)21-18(23-15)12-5-3-4-6-12/h11-13,20H,3-10H2,1-2H3,(H,19,22). The second-order valence-corrected chi connectivity index (χ2v) is 14.7. The monoisotopic (exact) mass is 361 g/mol. The van der Waals surface area contributed by atoms with Crippen LogP contribution >= 0.6 is 11.3 Å². The summed E-state index contributed by atoms with van der Waals surface area (Å²) in [5, 5.41) is 4.47. The number of nitrogens with one attached hydrogen (secondary N) is 2. The van der Waals surface area contributed by atoms with E-state index in [0.29, 0.717) is 17.7 Å². The molecule has 4 rings (SSSR count). The first-order valence-corrected chi connectivity index (χ1v) is 13.5. The lowest BCUT2D eigenvalue weighted by Gasteiger charge is -2.33. The van der Waals surface area contributed by atoms with Crippen molar-refractivity contribution < 1.29 is 4.79 Å². The average molecular weight is 362 g/mol. The molecule has 1 saturated carbocycles. The first-order chi connectivity index (χ1) is 11.5. The van der Waals surface area contributed by atoms with Crippen LogP contribution in [0.1, 0.15) is 59.9 Å². The van der Waals surface area contributed by atoms with Crippen LogP contribution in [0.25, 0.3) is 10.3 Å². The molecule has 1 aliphatic heterocycles. The average Bonchev–Trinajstić information content (AvgIpc) is 3.23. The van der Waals surface area contributed by atoms with E-state index >= 15 is 0 Å². The van der Waals surface area contributed by atoms with Gasteiger partial charge >= 0.3 is 0 Å². The zero-order valence-corrected chi connectivity index (χ0v) is 16.5. The number of carbonyl (C=O) groups is 1. The molecule has 0 spiro atoms. The number of fused-ring (bicyclic) bond motifs is 1. The van der Waals surface area contributed by atoms with Gasteiger partial charge in [0.25, 0.3) is 5.91 Å². The maximum atomic E-state index is 12.5. The molecule has 2 fully saturated rings. The number of aromatic nitrogens is 2. The van der Waals surface area contributed by atoms with E-state index in [4.69, 9.17) is 4.98 Å². The summed E-state index contributed by atoms with van der Waals surface area (Å²) in [5.74, 6) is 0.678. The number of hydrogen-bond acceptors (Lipinski definition) is 3. The van der Waals surface area contributed by atoms with Crippen LogP contribution in [0.15, 0.2) is 6.07 Å². The first kappa shape index (κ1) is 16.3. The highest BCUT2D eigenvalue weighted by Gasteiger charge is 2.29. The van der Waals surface area contributed by atoms with E-state index in [2.05, 4.69) is 23.4 Å². The van der Waals surface area contributed by atoms with E-state index in [9.17, 15) is 4.79 Å². The van der Waals surface area contributed by atoms with Gasteiger partial charge in [0.1, 0.15) is 11.3 Å². The largest absolute Gasteiger partial charge is 0.348 e. The maximum Gasteiger partial charge on any atom is 0.268 e. The van der Waals surface area contributed by atoms with Crippen molar-refractivity contribution in [1.29, 1.82) is 0 Å². The molecular formula is C18H27N3OSSi. The van der Waals surface area contributed by atoms with Crippen LogP contribution in [-0.4, -0.2) is 30.0 Å². The predicted molar refractivity (Wildman–Crippen MR) is 103 cm³/mol. The fraction of sp³-hybridized carbons (Fsp3) is 0.667. The molecule has 0 unspecified atom stereocenters. The highest BCUT2D eigenvalue weighted by atomic mass is 32.1. The number of rotatable bonds is 3. The maximum absolute atomic E-state index is 12.5. The SMILES string of the molecule is C[Si]1(C)CCC(NC(=O)c2cc3sc(C4CCCC4)nc3[nH]2)CC1. The van der Waals surface area contributed by atoms with Gasteiger partial charge in [-0.25, -0.2) is 4.98 Å². The van der Waals surface area contributed by atoms with Crippen LogP contribution in [0.5, 0.6) is 0 Å². The summed E-state index contributed by atoms with van der Waals surface area (Å²) in [7, 11) is -0.965. The molecule has 2 aromatic heterocycles. The van der Waals surface area contributed by atoms with Gasteiger partial charge in [-0.1, -0.05) is 38.0 Å². The first-order valence-electron chi connectivity index (χ1n) is 9.30. The van der Waals surface area contributed by atoms with E-state index in [1.807, 2.05) is 6.07 Å². The fourth-order valence-electron chi connectivity index (χ4n) is 4.11. The normalized spacial score (nSPS) is 22.2. The molecule has 6 heteroatoms. The third-order valence-electron chi connectivity index (χ3n) is 5.82. The van der Waals surface area contributed by atoms with Crippen LogP contribution in [0.4, 0.5) is 0 Å². The summed E-state index contributed by atoms with van der Waals surface area (Å²) in [4.78, 5) is 20.5. The van der Waals surface area contributed by atoms with Gasteiger partial charge in [0.15, 0.2) is 0 Å². The fourth-order valence-corrected chi connectivity index (χ4v) is 7.75. The summed E-state index contributed by atoms with van der Waals surface area (Å²) >= 11 is 1.76. The quantitative estimate of drug-likeness (QED) is 0.765. The van der Waals surface area contributed by atoms with Gasteiger partial charge in [-0.3, -0.25) is 4.79 Å². The van der Waals surface area contributed by atoms with Crippen LogP contribution in [0.2, 0.25) is 25.2 Å². The number of H-pyrrole nitrogens is 1. The second kappa shape index (κ2) is 6.30. The minimum Gasteiger partial charge on any atom is -0.348 e. The number of hydrogen-bond donors (Lipinski definition) is 2. The second-order valence-electron chi connectivity index (χ2n) is 8.34. The molecule has 0 bridgehead atoms. The molecule has 130 valence electrons. The van der Waals surface area contributed by atoms with Crippen molar-refractivity contribution >= 4 is 35.7 Å². The number of carbonyl (C=O) groups excluding carboxylic acids is 1. The van der Waals surface area contributed by atoms with Gasteiger partial charge in [0.05, 0.1) is 9.71 Å². The summed E-state index contributed by atoms with van der Waals surface area (Å²) < 4.78 is 1.12. The molecule has 1 saturated heterocycles. The number of nitrogens with zero attached hydrogens (tertiary/aromatic N) is 1. The Labute approximate surface area is 148 Å². The van der Waals surface area contributed by atoms with Crippen molar-refractivity contribution in [3.05, 3.63) is 16.8 Å². The van der Waals surface area contributed by atoms with Crippen molar-refractivity contribution in [2.75, 3.05) is 0 Å². The molecule has 3 heterocycles. The van der Waals surface area contributed by atoms with E-state index in [1.165, 1.54) is 42.8 Å².